The summed E-state index contributed by atoms with van der Waals surface area (Å²) in [6.07, 6.45) is 1.73. The highest BCUT2D eigenvalue weighted by Gasteiger charge is 2.35. The second-order valence-corrected chi connectivity index (χ2v) is 9.33. The minimum absolute atomic E-state index is 0.252. The Morgan fingerprint density at radius 3 is 2.32 bits per heavy atom. The van der Waals surface area contributed by atoms with Gasteiger partial charge in [-0.1, -0.05) is 19.1 Å². The van der Waals surface area contributed by atoms with Crippen molar-refractivity contribution < 1.29 is 23.4 Å². The van der Waals surface area contributed by atoms with Crippen LogP contribution in [0.2, 0.25) is 0 Å². The summed E-state index contributed by atoms with van der Waals surface area (Å²) < 4.78 is 29.9. The number of thiophene rings is 1. The van der Waals surface area contributed by atoms with Crippen molar-refractivity contribution in [3.63, 3.8) is 0 Å². The van der Waals surface area contributed by atoms with E-state index in [4.69, 9.17) is 14.2 Å². The van der Waals surface area contributed by atoms with Gasteiger partial charge in [0, 0.05) is 28.4 Å². The Hall–Kier alpha value is -3.26. The topological polar surface area (TPSA) is 60.0 Å². The number of carbonyl (C=O) groups excluding carboxylic acids is 1. The van der Waals surface area contributed by atoms with E-state index in [0.717, 1.165) is 23.3 Å². The third-order valence-electron chi connectivity index (χ3n) is 6.23. The molecule has 0 fully saturated rings. The minimum Gasteiger partial charge on any atom is -0.493 e. The number of halogens is 1. The zero-order valence-corrected chi connectivity index (χ0v) is 20.8. The van der Waals surface area contributed by atoms with Crippen molar-refractivity contribution in [3.05, 3.63) is 68.7 Å². The fraction of sp³-hybridized carbons (Fsp3) is 0.346. The van der Waals surface area contributed by atoms with Gasteiger partial charge in [-0.2, -0.15) is 0 Å². The number of ether oxygens (including phenoxy) is 3. The van der Waals surface area contributed by atoms with Gasteiger partial charge in [-0.15, -0.1) is 11.3 Å². The molecule has 1 aromatic heterocycles. The summed E-state index contributed by atoms with van der Waals surface area (Å²) in [4.78, 5) is 17.8. The van der Waals surface area contributed by atoms with Gasteiger partial charge in [-0.05, 0) is 48.6 Å². The van der Waals surface area contributed by atoms with E-state index < -0.39 is 0 Å². The number of urea groups is 1. The van der Waals surface area contributed by atoms with Crippen molar-refractivity contribution in [1.82, 2.24) is 4.90 Å². The summed E-state index contributed by atoms with van der Waals surface area (Å²) in [5.41, 5.74) is 4.08. The van der Waals surface area contributed by atoms with Crippen LogP contribution in [0.3, 0.4) is 0 Å². The first kappa shape index (κ1) is 23.9. The molecule has 3 aromatic rings. The molecule has 0 saturated carbocycles. The molecule has 0 aliphatic carbocycles. The molecule has 1 aliphatic rings. The third kappa shape index (κ3) is 4.30. The maximum absolute atomic E-state index is 13.7. The lowest BCUT2D eigenvalue weighted by molar-refractivity contribution is 0.195. The lowest BCUT2D eigenvalue weighted by Crippen LogP contribution is -2.42. The number of rotatable bonds is 6. The first-order valence-electron chi connectivity index (χ1n) is 11.2. The van der Waals surface area contributed by atoms with Crippen molar-refractivity contribution in [3.8, 4) is 17.2 Å². The highest BCUT2D eigenvalue weighted by molar-refractivity contribution is 7.12. The normalized spacial score (nSPS) is 15.0. The van der Waals surface area contributed by atoms with Crippen LogP contribution in [-0.2, 0) is 12.8 Å². The predicted octanol–water partition coefficient (Wildman–Crippen LogP) is 5.96. The van der Waals surface area contributed by atoms with Gasteiger partial charge in [0.15, 0.2) is 11.5 Å². The Morgan fingerprint density at radius 2 is 1.76 bits per heavy atom. The molecule has 2 amide bonds. The average molecular weight is 485 g/mol. The van der Waals surface area contributed by atoms with Crippen LogP contribution in [0.15, 0.2) is 36.4 Å². The van der Waals surface area contributed by atoms with Gasteiger partial charge in [0.1, 0.15) is 5.82 Å². The number of aryl methyl sites for hydroxylation is 1. The number of methoxy groups -OCH3 is 3. The molecule has 0 saturated heterocycles. The fourth-order valence-corrected chi connectivity index (χ4v) is 6.10. The highest BCUT2D eigenvalue weighted by atomic mass is 32.1. The summed E-state index contributed by atoms with van der Waals surface area (Å²) in [6, 6.07) is 9.26. The number of hydrogen-bond acceptors (Lipinski definition) is 5. The second-order valence-electron chi connectivity index (χ2n) is 8.07. The summed E-state index contributed by atoms with van der Waals surface area (Å²) in [5.74, 6) is 1.06. The second kappa shape index (κ2) is 9.93. The number of anilines is 1. The van der Waals surface area contributed by atoms with Gasteiger partial charge in [0.05, 0.1) is 33.1 Å². The monoisotopic (exact) mass is 484 g/mol. The SMILES string of the molecule is CCc1c(C)sc2c1CCN(C(=O)Nc1cc(OC)c(OC)c(OC)c1)[C@H]2c1ccc(F)cc1. The molecule has 0 spiro atoms. The van der Waals surface area contributed by atoms with E-state index in [-0.39, 0.29) is 17.9 Å². The van der Waals surface area contributed by atoms with Crippen LogP contribution in [0.5, 0.6) is 17.2 Å². The van der Waals surface area contributed by atoms with Gasteiger partial charge >= 0.3 is 6.03 Å². The Bertz CT molecular complexity index is 1170. The number of fused-ring (bicyclic) bond motifs is 1. The Labute approximate surface area is 203 Å². The lowest BCUT2D eigenvalue weighted by Gasteiger charge is -2.36. The number of nitrogens with zero attached hydrogens (tertiary/aromatic N) is 1. The predicted molar refractivity (Wildman–Crippen MR) is 132 cm³/mol. The van der Waals surface area contributed by atoms with E-state index in [1.165, 1.54) is 49.5 Å². The van der Waals surface area contributed by atoms with Crippen molar-refractivity contribution in [1.29, 1.82) is 0 Å². The number of hydrogen-bond donors (Lipinski definition) is 1. The highest BCUT2D eigenvalue weighted by Crippen LogP contribution is 2.44. The Balaban J connectivity index is 1.72. The molecule has 1 N–H and O–H groups in total. The molecule has 2 aromatic carbocycles. The molecule has 34 heavy (non-hydrogen) atoms. The van der Waals surface area contributed by atoms with Gasteiger partial charge in [-0.25, -0.2) is 9.18 Å². The minimum atomic E-state index is -0.301. The van der Waals surface area contributed by atoms with Crippen LogP contribution in [-0.4, -0.2) is 38.8 Å². The molecule has 8 heteroatoms. The van der Waals surface area contributed by atoms with Gasteiger partial charge < -0.3 is 24.4 Å². The van der Waals surface area contributed by atoms with E-state index in [1.807, 2.05) is 4.90 Å². The van der Waals surface area contributed by atoms with E-state index in [0.29, 0.717) is 29.5 Å². The molecular formula is C26H29FN2O4S. The molecule has 6 nitrogen and oxygen atoms in total. The van der Waals surface area contributed by atoms with Crippen LogP contribution < -0.4 is 19.5 Å². The van der Waals surface area contributed by atoms with Crippen LogP contribution in [0, 0.1) is 12.7 Å². The van der Waals surface area contributed by atoms with Crippen molar-refractivity contribution in [2.24, 2.45) is 0 Å². The van der Waals surface area contributed by atoms with Crippen LogP contribution >= 0.6 is 11.3 Å². The molecule has 0 unspecified atom stereocenters. The van der Waals surface area contributed by atoms with Crippen LogP contribution in [0.25, 0.3) is 0 Å². The number of amides is 2. The zero-order chi connectivity index (χ0) is 24.4. The summed E-state index contributed by atoms with van der Waals surface area (Å²) in [6.45, 7) is 4.84. The van der Waals surface area contributed by atoms with Gasteiger partial charge in [0.25, 0.3) is 0 Å². The third-order valence-corrected chi connectivity index (χ3v) is 7.47. The van der Waals surface area contributed by atoms with E-state index in [2.05, 4.69) is 19.2 Å². The molecule has 180 valence electrons. The summed E-state index contributed by atoms with van der Waals surface area (Å²) in [5, 5.41) is 2.99. The number of benzene rings is 2. The molecule has 0 bridgehead atoms. The number of carbonyl (C=O) groups is 1. The van der Waals surface area contributed by atoms with Crippen LogP contribution in [0.1, 0.15) is 39.4 Å². The summed E-state index contributed by atoms with van der Waals surface area (Å²) in [7, 11) is 4.60. The quantitative estimate of drug-likeness (QED) is 0.469. The first-order valence-corrected chi connectivity index (χ1v) is 12.0. The van der Waals surface area contributed by atoms with Crippen molar-refractivity contribution in [2.75, 3.05) is 33.2 Å². The fourth-order valence-electron chi connectivity index (χ4n) is 4.65. The van der Waals surface area contributed by atoms with Gasteiger partial charge in [0.2, 0.25) is 5.75 Å². The van der Waals surface area contributed by atoms with Crippen molar-refractivity contribution in [2.45, 2.75) is 32.7 Å². The molecular weight excluding hydrogens is 455 g/mol. The molecule has 1 aliphatic heterocycles. The van der Waals surface area contributed by atoms with E-state index in [9.17, 15) is 9.18 Å². The first-order chi connectivity index (χ1) is 16.4. The maximum atomic E-state index is 13.7. The Morgan fingerprint density at radius 1 is 1.12 bits per heavy atom. The molecule has 4 rings (SSSR count). The van der Waals surface area contributed by atoms with Crippen molar-refractivity contribution >= 4 is 23.1 Å². The Kier molecular flexibility index (Phi) is 6.97. The molecule has 1 atom stereocenters. The standard InChI is InChI=1S/C26H29FN2O4S/c1-6-19-15(2)34-25-20(19)11-12-29(23(25)16-7-9-17(27)10-8-16)26(30)28-18-13-21(31-3)24(33-5)22(14-18)32-4/h7-10,13-14,23H,6,11-12H2,1-5H3,(H,28,30)/t23-/m0/s1. The van der Waals surface area contributed by atoms with Crippen LogP contribution in [0.4, 0.5) is 14.9 Å². The van der Waals surface area contributed by atoms with E-state index in [1.54, 1.807) is 35.6 Å². The maximum Gasteiger partial charge on any atom is 0.322 e. The molecule has 2 heterocycles. The lowest BCUT2D eigenvalue weighted by atomic mass is 9.92. The largest absolute Gasteiger partial charge is 0.493 e. The summed E-state index contributed by atoms with van der Waals surface area (Å²) >= 11 is 1.72. The zero-order valence-electron chi connectivity index (χ0n) is 20.0. The smallest absolute Gasteiger partial charge is 0.322 e. The average Bonchev–Trinajstić information content (AvgIpc) is 3.18. The van der Waals surface area contributed by atoms with Gasteiger partial charge in [-0.3, -0.25) is 0 Å². The number of nitrogens with one attached hydrogen (secondary N) is 1. The van der Waals surface area contributed by atoms with E-state index >= 15 is 0 Å². The molecule has 0 radical (unpaired) electrons.